The van der Waals surface area contributed by atoms with Crippen LogP contribution in [0.4, 0.5) is 18.9 Å². The van der Waals surface area contributed by atoms with Gasteiger partial charge >= 0.3 is 5.92 Å². The largest absolute Gasteiger partial charge is 0.459 e. The maximum absolute atomic E-state index is 14.5. The molecular weight excluding hydrogens is 391 g/mol. The molecule has 5 N–H and O–H groups in total. The van der Waals surface area contributed by atoms with E-state index in [9.17, 15) is 22.8 Å². The standard InChI is InChI=1S/C18H16F3N5O3/c1-17(18(20,21)8-29-16(23)26-17)11-6-10(3-4-12(11)19)25-15(28)13-5-2-9(7-24-13)14(22)27/h2-7H,8H2,1H3,(H2,22,27)(H2,23,26)(H,25,28)/t17-/m1/s1. The minimum atomic E-state index is -3.55. The van der Waals surface area contributed by atoms with E-state index in [4.69, 9.17) is 11.5 Å². The fraction of sp³-hybridized carbons (Fsp3) is 0.222. The zero-order valence-electron chi connectivity index (χ0n) is 15.1. The molecule has 1 aromatic heterocycles. The van der Waals surface area contributed by atoms with Gasteiger partial charge in [0.2, 0.25) is 5.91 Å². The summed E-state index contributed by atoms with van der Waals surface area (Å²) in [5.41, 5.74) is 7.79. The number of ether oxygens (including phenoxy) is 1. The van der Waals surface area contributed by atoms with Crippen molar-refractivity contribution < 1.29 is 27.5 Å². The average molecular weight is 407 g/mol. The third-order valence-corrected chi connectivity index (χ3v) is 4.48. The van der Waals surface area contributed by atoms with Gasteiger partial charge in [-0.3, -0.25) is 14.6 Å². The van der Waals surface area contributed by atoms with Gasteiger partial charge in [0.05, 0.1) is 5.56 Å². The van der Waals surface area contributed by atoms with Crippen molar-refractivity contribution >= 4 is 23.5 Å². The van der Waals surface area contributed by atoms with Gasteiger partial charge in [0.15, 0.2) is 12.1 Å². The molecule has 152 valence electrons. The van der Waals surface area contributed by atoms with E-state index >= 15 is 0 Å². The quantitative estimate of drug-likeness (QED) is 0.710. The van der Waals surface area contributed by atoms with Crippen molar-refractivity contribution in [3.05, 3.63) is 59.2 Å². The lowest BCUT2D eigenvalue weighted by Gasteiger charge is -2.37. The molecule has 2 heterocycles. The van der Waals surface area contributed by atoms with Crippen LogP contribution in [0.2, 0.25) is 0 Å². The Labute approximate surface area is 162 Å². The Balaban J connectivity index is 1.92. The lowest BCUT2D eigenvalue weighted by atomic mass is 9.85. The molecule has 0 saturated heterocycles. The van der Waals surface area contributed by atoms with Gasteiger partial charge in [-0.25, -0.2) is 9.38 Å². The number of aliphatic imine (C=N–C) groups is 1. The van der Waals surface area contributed by atoms with Crippen LogP contribution in [0.5, 0.6) is 0 Å². The van der Waals surface area contributed by atoms with E-state index < -0.39 is 47.3 Å². The van der Waals surface area contributed by atoms with Crippen LogP contribution in [0.25, 0.3) is 0 Å². The minimum Gasteiger partial charge on any atom is -0.459 e. The number of hydrogen-bond acceptors (Lipinski definition) is 6. The number of primary amides is 1. The zero-order valence-corrected chi connectivity index (χ0v) is 15.1. The normalized spacial score (nSPS) is 20.3. The van der Waals surface area contributed by atoms with Crippen LogP contribution >= 0.6 is 0 Å². The first-order chi connectivity index (χ1) is 13.5. The molecule has 2 amide bonds. The number of pyridine rings is 1. The number of nitrogens with one attached hydrogen (secondary N) is 1. The summed E-state index contributed by atoms with van der Waals surface area (Å²) >= 11 is 0. The van der Waals surface area contributed by atoms with E-state index in [-0.39, 0.29) is 16.9 Å². The molecule has 2 aromatic rings. The van der Waals surface area contributed by atoms with Crippen molar-refractivity contribution in [1.82, 2.24) is 4.98 Å². The molecule has 3 rings (SSSR count). The van der Waals surface area contributed by atoms with Gasteiger partial charge in [0.25, 0.3) is 11.9 Å². The highest BCUT2D eigenvalue weighted by atomic mass is 19.3. The first-order valence-corrected chi connectivity index (χ1v) is 8.27. The number of nitrogens with zero attached hydrogens (tertiary/aromatic N) is 2. The fourth-order valence-electron chi connectivity index (χ4n) is 2.74. The first-order valence-electron chi connectivity index (χ1n) is 8.27. The molecule has 0 unspecified atom stereocenters. The third-order valence-electron chi connectivity index (χ3n) is 4.48. The number of anilines is 1. The zero-order chi connectivity index (χ0) is 21.4. The highest BCUT2D eigenvalue weighted by Crippen LogP contribution is 2.44. The summed E-state index contributed by atoms with van der Waals surface area (Å²) in [6, 6.07) is 5.24. The Hall–Kier alpha value is -3.63. The Morgan fingerprint density at radius 1 is 1.24 bits per heavy atom. The Bertz CT molecular complexity index is 1010. The molecule has 1 atom stereocenters. The summed E-state index contributed by atoms with van der Waals surface area (Å²) in [5.74, 6) is -5.91. The number of benzene rings is 1. The van der Waals surface area contributed by atoms with Crippen molar-refractivity contribution in [1.29, 1.82) is 0 Å². The predicted octanol–water partition coefficient (Wildman–Crippen LogP) is 1.77. The summed E-state index contributed by atoms with van der Waals surface area (Å²) < 4.78 is 47.9. The van der Waals surface area contributed by atoms with E-state index in [0.29, 0.717) is 0 Å². The third kappa shape index (κ3) is 3.71. The van der Waals surface area contributed by atoms with E-state index in [1.54, 1.807) is 0 Å². The second-order valence-electron chi connectivity index (χ2n) is 6.46. The lowest BCUT2D eigenvalue weighted by Crippen LogP contribution is -2.51. The highest BCUT2D eigenvalue weighted by molar-refractivity contribution is 6.03. The monoisotopic (exact) mass is 407 g/mol. The summed E-state index contributed by atoms with van der Waals surface area (Å²) in [7, 11) is 0. The highest BCUT2D eigenvalue weighted by Gasteiger charge is 2.56. The number of nitrogens with two attached hydrogens (primary N) is 2. The molecule has 0 spiro atoms. The second kappa shape index (κ2) is 7.08. The molecule has 11 heteroatoms. The first kappa shape index (κ1) is 20.1. The molecule has 0 fully saturated rings. The van der Waals surface area contributed by atoms with Gasteiger partial charge in [0.1, 0.15) is 11.5 Å². The molecule has 0 aliphatic carbocycles. The lowest BCUT2D eigenvalue weighted by molar-refractivity contribution is -0.117. The van der Waals surface area contributed by atoms with Crippen molar-refractivity contribution in [2.75, 3.05) is 11.9 Å². The number of halogens is 3. The van der Waals surface area contributed by atoms with Gasteiger partial charge in [-0.1, -0.05) is 0 Å². The number of aromatic nitrogens is 1. The van der Waals surface area contributed by atoms with Crippen molar-refractivity contribution in [3.8, 4) is 0 Å². The molecule has 1 aliphatic heterocycles. The number of amides is 2. The second-order valence-corrected chi connectivity index (χ2v) is 6.46. The predicted molar refractivity (Wildman–Crippen MR) is 97.0 cm³/mol. The molecular formula is C18H16F3N5O3. The van der Waals surface area contributed by atoms with Gasteiger partial charge in [-0.2, -0.15) is 8.78 Å². The Kier molecular flexibility index (Phi) is 4.91. The number of carbonyl (C=O) groups excluding carboxylic acids is 2. The SMILES string of the molecule is C[C@]1(c2cc(NC(=O)c3ccc(C(N)=O)cn3)ccc2F)N=C(N)OCC1(F)F. The number of alkyl halides is 2. The van der Waals surface area contributed by atoms with Gasteiger partial charge < -0.3 is 21.5 Å². The van der Waals surface area contributed by atoms with Gasteiger partial charge in [-0.15, -0.1) is 0 Å². The van der Waals surface area contributed by atoms with E-state index in [2.05, 4.69) is 20.0 Å². The van der Waals surface area contributed by atoms with Crippen molar-refractivity contribution in [2.24, 2.45) is 16.5 Å². The van der Waals surface area contributed by atoms with Crippen LogP contribution in [-0.2, 0) is 10.3 Å². The fourth-order valence-corrected chi connectivity index (χ4v) is 2.74. The smallest absolute Gasteiger partial charge is 0.310 e. The van der Waals surface area contributed by atoms with Gasteiger partial charge in [-0.05, 0) is 37.3 Å². The summed E-state index contributed by atoms with van der Waals surface area (Å²) in [4.78, 5) is 30.8. The van der Waals surface area contributed by atoms with Crippen LogP contribution in [-0.4, -0.2) is 35.3 Å². The maximum Gasteiger partial charge on any atom is 0.310 e. The van der Waals surface area contributed by atoms with Crippen LogP contribution < -0.4 is 16.8 Å². The maximum atomic E-state index is 14.5. The number of amidine groups is 1. The molecule has 29 heavy (non-hydrogen) atoms. The summed E-state index contributed by atoms with van der Waals surface area (Å²) in [5, 5.41) is 2.43. The van der Waals surface area contributed by atoms with E-state index in [1.165, 1.54) is 18.2 Å². The molecule has 8 nitrogen and oxygen atoms in total. The molecule has 1 aliphatic rings. The number of carbonyl (C=O) groups is 2. The number of rotatable bonds is 4. The molecule has 1 aromatic carbocycles. The van der Waals surface area contributed by atoms with Crippen molar-refractivity contribution in [2.45, 2.75) is 18.4 Å². The van der Waals surface area contributed by atoms with Crippen molar-refractivity contribution in [3.63, 3.8) is 0 Å². The van der Waals surface area contributed by atoms with Crippen LogP contribution in [0, 0.1) is 5.82 Å². The average Bonchev–Trinajstić information content (AvgIpc) is 2.66. The summed E-state index contributed by atoms with van der Waals surface area (Å²) in [6.45, 7) is -0.0402. The van der Waals surface area contributed by atoms with Crippen LogP contribution in [0.3, 0.4) is 0 Å². The minimum absolute atomic E-state index is 0.0319. The Morgan fingerprint density at radius 3 is 2.59 bits per heavy atom. The molecule has 0 radical (unpaired) electrons. The topological polar surface area (TPSA) is 133 Å². The Morgan fingerprint density at radius 2 is 1.97 bits per heavy atom. The van der Waals surface area contributed by atoms with E-state index in [0.717, 1.165) is 25.3 Å². The number of hydrogen-bond donors (Lipinski definition) is 3. The van der Waals surface area contributed by atoms with Crippen LogP contribution in [0.1, 0.15) is 33.3 Å². The molecule has 0 saturated carbocycles. The van der Waals surface area contributed by atoms with Crippen LogP contribution in [0.15, 0.2) is 41.5 Å². The molecule has 0 bridgehead atoms. The van der Waals surface area contributed by atoms with E-state index in [1.807, 2.05) is 0 Å². The summed E-state index contributed by atoms with van der Waals surface area (Å²) in [6.07, 6.45) is 1.12. The van der Waals surface area contributed by atoms with Gasteiger partial charge in [0, 0.05) is 17.4 Å².